The number of pyridine rings is 2. The van der Waals surface area contributed by atoms with Gasteiger partial charge >= 0.3 is 0 Å². The number of hydrogen-bond donors (Lipinski definition) is 2. The van der Waals surface area contributed by atoms with Crippen molar-refractivity contribution in [3.63, 3.8) is 0 Å². The first-order valence-electron chi connectivity index (χ1n) is 10.0. The molecule has 8 heteroatoms. The van der Waals surface area contributed by atoms with E-state index in [9.17, 15) is 4.39 Å². The molecule has 0 saturated carbocycles. The van der Waals surface area contributed by atoms with Crippen molar-refractivity contribution in [1.29, 1.82) is 0 Å². The Bertz CT molecular complexity index is 1210. The lowest BCUT2D eigenvalue weighted by molar-refractivity contribution is 0.0985. The third kappa shape index (κ3) is 3.04. The molecular formula is C22H23FN6O. The molecule has 5 rings (SSSR count). The number of aromatic nitrogens is 5. The molecule has 2 N–H and O–H groups in total. The van der Waals surface area contributed by atoms with Crippen molar-refractivity contribution in [2.75, 3.05) is 24.7 Å². The summed E-state index contributed by atoms with van der Waals surface area (Å²) in [4.78, 5) is 14.1. The van der Waals surface area contributed by atoms with Gasteiger partial charge in [0, 0.05) is 29.4 Å². The van der Waals surface area contributed by atoms with Crippen molar-refractivity contribution < 1.29 is 9.13 Å². The number of H-pyrrole nitrogens is 2. The molecular weight excluding hydrogens is 383 g/mol. The lowest BCUT2D eigenvalue weighted by Crippen LogP contribution is -2.44. The number of fused-ring (bicyclic) bond motifs is 1. The van der Waals surface area contributed by atoms with Gasteiger partial charge in [-0.25, -0.2) is 9.97 Å². The predicted octanol–water partition coefficient (Wildman–Crippen LogP) is 4.00. The molecule has 0 aliphatic carbocycles. The first-order valence-corrected chi connectivity index (χ1v) is 10.0. The zero-order valence-corrected chi connectivity index (χ0v) is 17.2. The number of anilines is 1. The molecule has 1 aliphatic rings. The Kier molecular flexibility index (Phi) is 4.51. The summed E-state index contributed by atoms with van der Waals surface area (Å²) < 4.78 is 20.5. The molecule has 154 valence electrons. The quantitative estimate of drug-likeness (QED) is 0.503. The van der Waals surface area contributed by atoms with Crippen LogP contribution in [0.5, 0.6) is 0 Å². The lowest BCUT2D eigenvalue weighted by Gasteiger charge is -2.34. The zero-order chi connectivity index (χ0) is 20.8. The van der Waals surface area contributed by atoms with Crippen LogP contribution in [0.3, 0.4) is 0 Å². The van der Waals surface area contributed by atoms with Gasteiger partial charge < -0.3 is 14.6 Å². The maximum Gasteiger partial charge on any atom is 0.223 e. The first kappa shape index (κ1) is 18.7. The zero-order valence-electron chi connectivity index (χ0n) is 17.2. The highest BCUT2D eigenvalue weighted by molar-refractivity contribution is 5.94. The topological polar surface area (TPSA) is 82.7 Å². The number of aromatic amines is 2. The molecule has 0 aromatic carbocycles. The van der Waals surface area contributed by atoms with E-state index < -0.39 is 5.95 Å². The van der Waals surface area contributed by atoms with Gasteiger partial charge in [-0.1, -0.05) is 0 Å². The Morgan fingerprint density at radius 1 is 1.23 bits per heavy atom. The van der Waals surface area contributed by atoms with Gasteiger partial charge in [0.2, 0.25) is 5.95 Å². The maximum atomic E-state index is 14.9. The standard InChI is InChI=1S/C22H23FN6O/c1-12-11-30-7-6-29(12)19-9-15(20-13(2)27-28-14(20)3)8-17(26-19)21-16-4-5-24-18(16)10-25-22(21)23/h4-5,8-10,12,24H,6-7,11H2,1-3H3,(H,27,28)/t12-/m1/s1. The van der Waals surface area contributed by atoms with Crippen LogP contribution in [0.2, 0.25) is 0 Å². The highest BCUT2D eigenvalue weighted by Gasteiger charge is 2.24. The molecule has 1 fully saturated rings. The second-order valence-corrected chi connectivity index (χ2v) is 7.75. The molecule has 0 bridgehead atoms. The Morgan fingerprint density at radius 3 is 2.87 bits per heavy atom. The van der Waals surface area contributed by atoms with Crippen LogP contribution >= 0.6 is 0 Å². The number of morpholine rings is 1. The van der Waals surface area contributed by atoms with E-state index in [0.717, 1.165) is 45.8 Å². The van der Waals surface area contributed by atoms with Gasteiger partial charge in [-0.05, 0) is 44.5 Å². The fourth-order valence-corrected chi connectivity index (χ4v) is 4.23. The Hall–Kier alpha value is -3.26. The minimum atomic E-state index is -0.534. The number of aryl methyl sites for hydroxylation is 2. The molecule has 4 aromatic heterocycles. The second-order valence-electron chi connectivity index (χ2n) is 7.75. The Balaban J connectivity index is 1.76. The maximum absolute atomic E-state index is 14.9. The average molecular weight is 406 g/mol. The normalized spacial score (nSPS) is 17.1. The molecule has 7 nitrogen and oxygen atoms in total. The minimum Gasteiger partial charge on any atom is -0.377 e. The van der Waals surface area contributed by atoms with E-state index in [1.165, 1.54) is 6.20 Å². The van der Waals surface area contributed by atoms with Crippen LogP contribution in [-0.4, -0.2) is 50.9 Å². The summed E-state index contributed by atoms with van der Waals surface area (Å²) in [5.74, 6) is 0.263. The van der Waals surface area contributed by atoms with Crippen LogP contribution < -0.4 is 4.90 Å². The Labute approximate surface area is 173 Å². The highest BCUT2D eigenvalue weighted by atomic mass is 19.1. The first-order chi connectivity index (χ1) is 14.5. The van der Waals surface area contributed by atoms with Crippen molar-refractivity contribution in [3.05, 3.63) is 47.9 Å². The summed E-state index contributed by atoms with van der Waals surface area (Å²) in [7, 11) is 0. The van der Waals surface area contributed by atoms with E-state index in [-0.39, 0.29) is 6.04 Å². The second kappa shape index (κ2) is 7.21. The summed E-state index contributed by atoms with van der Waals surface area (Å²) in [6, 6.07) is 6.01. The number of rotatable bonds is 3. The van der Waals surface area contributed by atoms with Gasteiger partial charge in [0.15, 0.2) is 0 Å². The van der Waals surface area contributed by atoms with E-state index in [0.29, 0.717) is 24.5 Å². The fourth-order valence-electron chi connectivity index (χ4n) is 4.23. The highest BCUT2D eigenvalue weighted by Crippen LogP contribution is 2.36. The van der Waals surface area contributed by atoms with E-state index >= 15 is 0 Å². The largest absolute Gasteiger partial charge is 0.377 e. The van der Waals surface area contributed by atoms with Crippen LogP contribution in [0.1, 0.15) is 18.3 Å². The van der Waals surface area contributed by atoms with Gasteiger partial charge in [-0.15, -0.1) is 0 Å². The minimum absolute atomic E-state index is 0.173. The van der Waals surface area contributed by atoms with Crippen molar-refractivity contribution in [2.45, 2.75) is 26.8 Å². The molecule has 0 spiro atoms. The van der Waals surface area contributed by atoms with Gasteiger partial charge in [-0.3, -0.25) is 5.10 Å². The van der Waals surface area contributed by atoms with Crippen molar-refractivity contribution in [3.8, 4) is 22.4 Å². The SMILES string of the molecule is Cc1n[nH]c(C)c1-c1cc(-c2c(F)ncc3[nH]ccc23)nc(N2CCOC[C@H]2C)c1. The molecule has 1 saturated heterocycles. The Morgan fingerprint density at radius 2 is 2.10 bits per heavy atom. The monoisotopic (exact) mass is 406 g/mol. The van der Waals surface area contributed by atoms with Gasteiger partial charge in [0.1, 0.15) is 5.82 Å². The number of nitrogens with zero attached hydrogens (tertiary/aromatic N) is 4. The molecule has 4 aromatic rings. The molecule has 1 atom stereocenters. The summed E-state index contributed by atoms with van der Waals surface area (Å²) >= 11 is 0. The molecule has 5 heterocycles. The summed E-state index contributed by atoms with van der Waals surface area (Å²) in [6.07, 6.45) is 3.29. The number of ether oxygens (including phenoxy) is 1. The van der Waals surface area contributed by atoms with Crippen LogP contribution in [-0.2, 0) is 4.74 Å². The molecule has 1 aliphatic heterocycles. The predicted molar refractivity (Wildman–Crippen MR) is 114 cm³/mol. The van der Waals surface area contributed by atoms with Crippen LogP contribution in [0.25, 0.3) is 33.3 Å². The number of nitrogens with one attached hydrogen (secondary N) is 2. The number of halogens is 1. The van der Waals surface area contributed by atoms with E-state index in [4.69, 9.17) is 9.72 Å². The summed E-state index contributed by atoms with van der Waals surface area (Å²) in [6.45, 7) is 8.06. The van der Waals surface area contributed by atoms with Gasteiger partial charge in [-0.2, -0.15) is 9.49 Å². The van der Waals surface area contributed by atoms with Crippen molar-refractivity contribution >= 4 is 16.7 Å². The van der Waals surface area contributed by atoms with E-state index in [1.807, 2.05) is 26.0 Å². The third-order valence-corrected chi connectivity index (χ3v) is 5.71. The van der Waals surface area contributed by atoms with E-state index in [2.05, 4.69) is 38.1 Å². The van der Waals surface area contributed by atoms with Crippen LogP contribution in [0, 0.1) is 19.8 Å². The summed E-state index contributed by atoms with van der Waals surface area (Å²) in [5, 5.41) is 8.14. The van der Waals surface area contributed by atoms with Crippen LogP contribution in [0.4, 0.5) is 10.2 Å². The van der Waals surface area contributed by atoms with Crippen LogP contribution in [0.15, 0.2) is 30.6 Å². The van der Waals surface area contributed by atoms with Crippen molar-refractivity contribution in [2.24, 2.45) is 0 Å². The summed E-state index contributed by atoms with van der Waals surface area (Å²) in [5.41, 5.74) is 5.54. The molecule has 0 unspecified atom stereocenters. The third-order valence-electron chi connectivity index (χ3n) is 5.71. The lowest BCUT2D eigenvalue weighted by atomic mass is 10.0. The number of hydrogen-bond acceptors (Lipinski definition) is 5. The molecule has 30 heavy (non-hydrogen) atoms. The fraction of sp³-hybridized carbons (Fsp3) is 0.318. The molecule has 0 radical (unpaired) electrons. The molecule has 0 amide bonds. The van der Waals surface area contributed by atoms with E-state index in [1.54, 1.807) is 6.20 Å². The smallest absolute Gasteiger partial charge is 0.223 e. The van der Waals surface area contributed by atoms with Crippen molar-refractivity contribution in [1.82, 2.24) is 25.1 Å². The van der Waals surface area contributed by atoms with Gasteiger partial charge in [0.05, 0.1) is 47.9 Å². The van der Waals surface area contributed by atoms with Gasteiger partial charge in [0.25, 0.3) is 0 Å². The average Bonchev–Trinajstić information content (AvgIpc) is 3.34.